The molecule has 1 aromatic rings. The van der Waals surface area contributed by atoms with E-state index in [1.54, 1.807) is 0 Å². The lowest BCUT2D eigenvalue weighted by Gasteiger charge is -2.28. The van der Waals surface area contributed by atoms with Crippen LogP contribution in [0.2, 0.25) is 0 Å². The fourth-order valence-corrected chi connectivity index (χ4v) is 4.30. The van der Waals surface area contributed by atoms with Gasteiger partial charge in [-0.05, 0) is 49.8 Å². The van der Waals surface area contributed by atoms with Gasteiger partial charge in [0.2, 0.25) is 0 Å². The Morgan fingerprint density at radius 3 is 2.61 bits per heavy atom. The van der Waals surface area contributed by atoms with Crippen molar-refractivity contribution in [1.82, 2.24) is 4.90 Å². The maximum atomic E-state index is 5.78. The molecule has 0 radical (unpaired) electrons. The van der Waals surface area contributed by atoms with Crippen molar-refractivity contribution in [3.8, 4) is 0 Å². The van der Waals surface area contributed by atoms with E-state index < -0.39 is 0 Å². The Morgan fingerprint density at radius 2 is 2.06 bits per heavy atom. The molecule has 98 valence electrons. The van der Waals surface area contributed by atoms with Crippen LogP contribution in [0.5, 0.6) is 0 Å². The van der Waals surface area contributed by atoms with E-state index in [1.807, 2.05) is 12.1 Å². The lowest BCUT2D eigenvalue weighted by Crippen LogP contribution is -2.37. The number of benzene rings is 1. The molecule has 0 bridgehead atoms. The van der Waals surface area contributed by atoms with Crippen molar-refractivity contribution < 1.29 is 0 Å². The van der Waals surface area contributed by atoms with Gasteiger partial charge < -0.3 is 10.6 Å². The van der Waals surface area contributed by atoms with Gasteiger partial charge in [-0.2, -0.15) is 11.8 Å². The molecule has 1 heterocycles. The molecule has 3 rings (SSSR count). The highest BCUT2D eigenvalue weighted by molar-refractivity contribution is 7.99. The third kappa shape index (κ3) is 2.39. The van der Waals surface area contributed by atoms with Crippen LogP contribution in [0.4, 0.5) is 5.69 Å². The molecule has 3 heteroatoms. The number of rotatable bonds is 4. The van der Waals surface area contributed by atoms with Crippen LogP contribution in [0.3, 0.4) is 0 Å². The monoisotopic (exact) mass is 262 g/mol. The van der Waals surface area contributed by atoms with Gasteiger partial charge in [-0.3, -0.25) is 0 Å². The summed E-state index contributed by atoms with van der Waals surface area (Å²) in [6.07, 6.45) is 4.03. The number of nitrogens with two attached hydrogens (primary N) is 1. The van der Waals surface area contributed by atoms with E-state index in [2.05, 4.69) is 35.8 Å². The van der Waals surface area contributed by atoms with Crippen LogP contribution >= 0.6 is 11.8 Å². The summed E-state index contributed by atoms with van der Waals surface area (Å²) in [7, 11) is 2.30. The van der Waals surface area contributed by atoms with E-state index in [0.717, 1.165) is 11.7 Å². The number of nitrogen functional groups attached to an aromatic ring is 1. The Bertz CT molecular complexity index is 405. The molecule has 2 nitrogen and oxygen atoms in total. The quantitative estimate of drug-likeness (QED) is 0.846. The molecule has 0 aromatic heterocycles. The van der Waals surface area contributed by atoms with Crippen LogP contribution in [-0.4, -0.2) is 36.0 Å². The molecule has 1 saturated carbocycles. The van der Waals surface area contributed by atoms with Crippen molar-refractivity contribution in [2.75, 3.05) is 30.8 Å². The Morgan fingerprint density at radius 1 is 1.33 bits per heavy atom. The first-order valence-electron chi connectivity index (χ1n) is 6.84. The van der Waals surface area contributed by atoms with Gasteiger partial charge in [0.15, 0.2) is 0 Å². The SMILES string of the molecule is CN(CC1(c2ccc(N)cc2)CC1)C1CCSC1. The van der Waals surface area contributed by atoms with E-state index in [-0.39, 0.29) is 0 Å². The summed E-state index contributed by atoms with van der Waals surface area (Å²) in [6.45, 7) is 1.21. The number of likely N-dealkylation sites (N-methyl/N-ethyl adjacent to an activating group) is 1. The fraction of sp³-hybridized carbons (Fsp3) is 0.600. The normalized spacial score (nSPS) is 25.6. The van der Waals surface area contributed by atoms with Crippen molar-refractivity contribution in [3.63, 3.8) is 0 Å². The van der Waals surface area contributed by atoms with Crippen molar-refractivity contribution in [2.24, 2.45) is 0 Å². The van der Waals surface area contributed by atoms with Crippen LogP contribution in [0.15, 0.2) is 24.3 Å². The summed E-state index contributed by atoms with van der Waals surface area (Å²) in [5, 5.41) is 0. The zero-order chi connectivity index (χ0) is 12.6. The van der Waals surface area contributed by atoms with Gasteiger partial charge in [-0.1, -0.05) is 12.1 Å². The first-order chi connectivity index (χ1) is 8.70. The molecular formula is C15H22N2S. The van der Waals surface area contributed by atoms with E-state index in [1.165, 1.54) is 42.9 Å². The van der Waals surface area contributed by atoms with Crippen molar-refractivity contribution in [2.45, 2.75) is 30.7 Å². The third-order valence-corrected chi connectivity index (χ3v) is 5.60. The van der Waals surface area contributed by atoms with E-state index in [0.29, 0.717) is 5.41 Å². The minimum absolute atomic E-state index is 0.426. The zero-order valence-corrected chi connectivity index (χ0v) is 11.9. The Kier molecular flexibility index (Phi) is 3.29. The van der Waals surface area contributed by atoms with Crippen molar-refractivity contribution in [3.05, 3.63) is 29.8 Å². The molecule has 1 aromatic carbocycles. The van der Waals surface area contributed by atoms with E-state index >= 15 is 0 Å². The maximum Gasteiger partial charge on any atom is 0.0314 e. The van der Waals surface area contributed by atoms with Gasteiger partial charge in [0.1, 0.15) is 0 Å². The summed E-state index contributed by atoms with van der Waals surface area (Å²) in [5.74, 6) is 2.65. The molecular weight excluding hydrogens is 240 g/mol. The number of anilines is 1. The molecule has 1 atom stereocenters. The molecule has 1 unspecified atom stereocenters. The van der Waals surface area contributed by atoms with Gasteiger partial charge in [0.05, 0.1) is 0 Å². The number of nitrogens with zero attached hydrogens (tertiary/aromatic N) is 1. The topological polar surface area (TPSA) is 29.3 Å². The molecule has 2 aliphatic rings. The first-order valence-corrected chi connectivity index (χ1v) is 7.99. The van der Waals surface area contributed by atoms with Crippen LogP contribution in [0.1, 0.15) is 24.8 Å². The number of hydrogen-bond donors (Lipinski definition) is 1. The standard InChI is InChI=1S/C15H22N2S/c1-17(14-6-9-18-10-14)11-15(7-8-15)12-2-4-13(16)5-3-12/h2-5,14H,6-11,16H2,1H3. The Balaban J connectivity index is 1.69. The second kappa shape index (κ2) is 4.78. The number of hydrogen-bond acceptors (Lipinski definition) is 3. The lowest BCUT2D eigenvalue weighted by molar-refractivity contribution is 0.239. The molecule has 1 saturated heterocycles. The van der Waals surface area contributed by atoms with Gasteiger partial charge in [-0.25, -0.2) is 0 Å². The average molecular weight is 262 g/mol. The van der Waals surface area contributed by atoms with Crippen LogP contribution < -0.4 is 5.73 Å². The minimum atomic E-state index is 0.426. The average Bonchev–Trinajstić information content (AvgIpc) is 2.94. The Hall–Kier alpha value is -0.670. The van der Waals surface area contributed by atoms with Crippen molar-refractivity contribution in [1.29, 1.82) is 0 Å². The zero-order valence-electron chi connectivity index (χ0n) is 11.1. The molecule has 18 heavy (non-hydrogen) atoms. The minimum Gasteiger partial charge on any atom is -0.399 e. The molecule has 2 fully saturated rings. The van der Waals surface area contributed by atoms with E-state index in [9.17, 15) is 0 Å². The molecule has 0 spiro atoms. The van der Waals surface area contributed by atoms with Crippen LogP contribution in [0.25, 0.3) is 0 Å². The second-order valence-electron chi connectivity index (χ2n) is 5.83. The molecule has 1 aliphatic carbocycles. The maximum absolute atomic E-state index is 5.78. The predicted octanol–water partition coefficient (Wildman–Crippen LogP) is 2.74. The van der Waals surface area contributed by atoms with Gasteiger partial charge >= 0.3 is 0 Å². The first kappa shape index (κ1) is 12.4. The highest BCUT2D eigenvalue weighted by atomic mass is 32.2. The smallest absolute Gasteiger partial charge is 0.0314 e. The molecule has 2 N–H and O–H groups in total. The Labute approximate surface area is 114 Å². The fourth-order valence-electron chi connectivity index (χ4n) is 3.00. The van der Waals surface area contributed by atoms with E-state index in [4.69, 9.17) is 5.73 Å². The van der Waals surface area contributed by atoms with Crippen LogP contribution in [-0.2, 0) is 5.41 Å². The summed E-state index contributed by atoms with van der Waals surface area (Å²) in [5.41, 5.74) is 8.56. The van der Waals surface area contributed by atoms with Crippen LogP contribution in [0, 0.1) is 0 Å². The molecule has 1 aliphatic heterocycles. The number of thioether (sulfide) groups is 1. The highest BCUT2D eigenvalue weighted by Crippen LogP contribution is 2.49. The largest absolute Gasteiger partial charge is 0.399 e. The summed E-state index contributed by atoms with van der Waals surface area (Å²) in [6, 6.07) is 9.32. The van der Waals surface area contributed by atoms with Gasteiger partial charge in [0, 0.05) is 29.4 Å². The van der Waals surface area contributed by atoms with Gasteiger partial charge in [0.25, 0.3) is 0 Å². The summed E-state index contributed by atoms with van der Waals surface area (Å²) < 4.78 is 0. The predicted molar refractivity (Wildman–Crippen MR) is 80.1 cm³/mol. The highest BCUT2D eigenvalue weighted by Gasteiger charge is 2.45. The third-order valence-electron chi connectivity index (χ3n) is 4.46. The summed E-state index contributed by atoms with van der Waals surface area (Å²) >= 11 is 2.10. The second-order valence-corrected chi connectivity index (χ2v) is 6.98. The van der Waals surface area contributed by atoms with Crippen molar-refractivity contribution >= 4 is 17.4 Å². The summed E-state index contributed by atoms with van der Waals surface area (Å²) in [4.78, 5) is 2.59. The molecule has 0 amide bonds. The van der Waals surface area contributed by atoms with Gasteiger partial charge in [-0.15, -0.1) is 0 Å². The lowest BCUT2D eigenvalue weighted by atomic mass is 9.94.